The third kappa shape index (κ3) is 1.80. The van der Waals surface area contributed by atoms with E-state index < -0.39 is 0 Å². The van der Waals surface area contributed by atoms with E-state index in [4.69, 9.17) is 5.26 Å². The number of aromatic nitrogens is 5. The van der Waals surface area contributed by atoms with Gasteiger partial charge in [0.1, 0.15) is 11.9 Å². The van der Waals surface area contributed by atoms with Crippen LogP contribution in [0.1, 0.15) is 17.4 Å². The Morgan fingerprint density at radius 3 is 2.86 bits per heavy atom. The molecule has 7 nitrogen and oxygen atoms in total. The first kappa shape index (κ1) is 11.8. The Kier molecular flexibility index (Phi) is 2.54. The van der Waals surface area contributed by atoms with Crippen molar-refractivity contribution in [1.82, 2.24) is 24.6 Å². The topological polar surface area (TPSA) is 83.0 Å². The van der Waals surface area contributed by atoms with E-state index in [0.717, 1.165) is 24.6 Å². The molecule has 1 fully saturated rings. The molecule has 3 aromatic heterocycles. The largest absolute Gasteiger partial charge is 0.353 e. The minimum atomic E-state index is 0.288. The van der Waals surface area contributed by atoms with Crippen molar-refractivity contribution in [2.24, 2.45) is 0 Å². The van der Waals surface area contributed by atoms with E-state index in [1.165, 1.54) is 6.20 Å². The van der Waals surface area contributed by atoms with E-state index in [0.29, 0.717) is 11.5 Å². The Labute approximate surface area is 120 Å². The van der Waals surface area contributed by atoms with Gasteiger partial charge in [-0.3, -0.25) is 4.40 Å². The molecule has 0 bridgehead atoms. The number of hydrogen-bond acceptors (Lipinski definition) is 6. The molecule has 7 heteroatoms. The van der Waals surface area contributed by atoms with Crippen LogP contribution >= 0.6 is 0 Å². The maximum Gasteiger partial charge on any atom is 0.183 e. The fourth-order valence-electron chi connectivity index (χ4n) is 2.59. The maximum absolute atomic E-state index is 9.07. The fraction of sp³-hybridized carbons (Fsp3) is 0.214. The molecule has 0 atom stereocenters. The van der Waals surface area contributed by atoms with E-state index in [2.05, 4.69) is 26.2 Å². The Morgan fingerprint density at radius 1 is 1.14 bits per heavy atom. The molecule has 0 N–H and O–H groups in total. The monoisotopic (exact) mass is 277 g/mol. The van der Waals surface area contributed by atoms with Crippen LogP contribution in [0.5, 0.6) is 0 Å². The van der Waals surface area contributed by atoms with Gasteiger partial charge in [0.05, 0.1) is 5.92 Å². The number of hydrogen-bond donors (Lipinski definition) is 0. The first-order valence-electron chi connectivity index (χ1n) is 6.62. The SMILES string of the molecule is N#Cc1nccnc1N1CC(c2nnc3ccccn23)C1. The number of rotatable bonds is 2. The van der Waals surface area contributed by atoms with Crippen molar-refractivity contribution in [3.05, 3.63) is 48.3 Å². The zero-order valence-corrected chi connectivity index (χ0v) is 11.1. The van der Waals surface area contributed by atoms with Crippen molar-refractivity contribution in [3.8, 4) is 6.07 Å². The summed E-state index contributed by atoms with van der Waals surface area (Å²) in [5, 5.41) is 17.5. The third-order valence-electron chi connectivity index (χ3n) is 3.67. The molecule has 0 unspecified atom stereocenters. The van der Waals surface area contributed by atoms with Gasteiger partial charge in [-0.05, 0) is 12.1 Å². The molecule has 0 amide bonds. The molecule has 0 spiro atoms. The molecule has 3 aromatic rings. The van der Waals surface area contributed by atoms with Crippen molar-refractivity contribution in [1.29, 1.82) is 5.26 Å². The number of nitriles is 1. The molecular formula is C14H11N7. The molecule has 0 radical (unpaired) electrons. The number of fused-ring (bicyclic) bond motifs is 1. The van der Waals surface area contributed by atoms with Gasteiger partial charge in [0, 0.05) is 31.7 Å². The van der Waals surface area contributed by atoms with Crippen molar-refractivity contribution in [3.63, 3.8) is 0 Å². The summed E-state index contributed by atoms with van der Waals surface area (Å²) in [6, 6.07) is 7.92. The molecule has 4 heterocycles. The quantitative estimate of drug-likeness (QED) is 0.694. The average Bonchev–Trinajstić information content (AvgIpc) is 2.90. The number of nitrogens with zero attached hydrogens (tertiary/aromatic N) is 7. The lowest BCUT2D eigenvalue weighted by Gasteiger charge is -2.39. The summed E-state index contributed by atoms with van der Waals surface area (Å²) in [5.41, 5.74) is 1.21. The number of anilines is 1. The van der Waals surface area contributed by atoms with Crippen LogP contribution in [0.3, 0.4) is 0 Å². The minimum Gasteiger partial charge on any atom is -0.353 e. The van der Waals surface area contributed by atoms with Crippen LogP contribution in [0.25, 0.3) is 5.65 Å². The Morgan fingerprint density at radius 2 is 2.00 bits per heavy atom. The standard InChI is InChI=1S/C14H11N7/c15-7-11-14(17-5-4-16-11)20-8-10(9-20)13-19-18-12-3-1-2-6-21(12)13/h1-6,10H,8-9H2. The van der Waals surface area contributed by atoms with E-state index >= 15 is 0 Å². The summed E-state index contributed by atoms with van der Waals surface area (Å²) < 4.78 is 2.00. The second kappa shape index (κ2) is 4.52. The van der Waals surface area contributed by atoms with Gasteiger partial charge in [-0.1, -0.05) is 6.07 Å². The van der Waals surface area contributed by atoms with Crippen LogP contribution in [0.2, 0.25) is 0 Å². The van der Waals surface area contributed by atoms with Crippen LogP contribution in [0.4, 0.5) is 5.82 Å². The summed E-state index contributed by atoms with van der Waals surface area (Å²) in [4.78, 5) is 10.3. The molecular weight excluding hydrogens is 266 g/mol. The van der Waals surface area contributed by atoms with Gasteiger partial charge < -0.3 is 4.90 Å². The second-order valence-corrected chi connectivity index (χ2v) is 4.93. The van der Waals surface area contributed by atoms with Gasteiger partial charge in [-0.25, -0.2) is 9.97 Å². The predicted molar refractivity (Wildman–Crippen MR) is 74.7 cm³/mol. The summed E-state index contributed by atoms with van der Waals surface area (Å²) in [7, 11) is 0. The van der Waals surface area contributed by atoms with E-state index in [1.54, 1.807) is 6.20 Å². The summed E-state index contributed by atoms with van der Waals surface area (Å²) in [6.07, 6.45) is 5.11. The van der Waals surface area contributed by atoms with Crippen molar-refractivity contribution >= 4 is 11.5 Å². The summed E-state index contributed by atoms with van der Waals surface area (Å²) >= 11 is 0. The first-order valence-corrected chi connectivity index (χ1v) is 6.62. The average molecular weight is 277 g/mol. The normalized spacial score (nSPS) is 14.9. The summed E-state index contributed by atoms with van der Waals surface area (Å²) in [5.74, 6) is 1.88. The zero-order chi connectivity index (χ0) is 14.2. The molecule has 102 valence electrons. The van der Waals surface area contributed by atoms with Gasteiger partial charge in [-0.2, -0.15) is 5.26 Å². The molecule has 1 saturated heterocycles. The number of pyridine rings is 1. The van der Waals surface area contributed by atoms with Crippen LogP contribution in [0, 0.1) is 11.3 Å². The van der Waals surface area contributed by atoms with E-state index in [1.807, 2.05) is 33.7 Å². The molecule has 1 aliphatic heterocycles. The van der Waals surface area contributed by atoms with Gasteiger partial charge >= 0.3 is 0 Å². The van der Waals surface area contributed by atoms with Gasteiger partial charge in [-0.15, -0.1) is 10.2 Å². The Bertz CT molecular complexity index is 842. The lowest BCUT2D eigenvalue weighted by molar-refractivity contribution is 0.491. The van der Waals surface area contributed by atoms with Crippen LogP contribution < -0.4 is 4.90 Å². The van der Waals surface area contributed by atoms with Gasteiger partial charge in [0.2, 0.25) is 0 Å². The van der Waals surface area contributed by atoms with E-state index in [-0.39, 0.29) is 5.92 Å². The highest BCUT2D eigenvalue weighted by molar-refractivity contribution is 5.52. The molecule has 0 saturated carbocycles. The first-order chi connectivity index (χ1) is 10.4. The molecule has 0 aliphatic carbocycles. The predicted octanol–water partition coefficient (Wildman–Crippen LogP) is 0.995. The second-order valence-electron chi connectivity index (χ2n) is 4.93. The fourth-order valence-corrected chi connectivity index (χ4v) is 2.59. The zero-order valence-electron chi connectivity index (χ0n) is 11.1. The van der Waals surface area contributed by atoms with Gasteiger partial charge in [0.15, 0.2) is 17.2 Å². The Balaban J connectivity index is 1.59. The van der Waals surface area contributed by atoms with Crippen molar-refractivity contribution in [2.45, 2.75) is 5.92 Å². The smallest absolute Gasteiger partial charge is 0.183 e. The summed E-state index contributed by atoms with van der Waals surface area (Å²) in [6.45, 7) is 1.53. The minimum absolute atomic E-state index is 0.288. The lowest BCUT2D eigenvalue weighted by Crippen LogP contribution is -2.46. The maximum atomic E-state index is 9.07. The van der Waals surface area contributed by atoms with Crippen LogP contribution in [0.15, 0.2) is 36.8 Å². The van der Waals surface area contributed by atoms with Crippen LogP contribution in [-0.2, 0) is 0 Å². The Hall–Kier alpha value is -3.01. The highest BCUT2D eigenvalue weighted by Crippen LogP contribution is 2.30. The van der Waals surface area contributed by atoms with Crippen molar-refractivity contribution < 1.29 is 0 Å². The van der Waals surface area contributed by atoms with E-state index in [9.17, 15) is 0 Å². The van der Waals surface area contributed by atoms with Crippen molar-refractivity contribution in [2.75, 3.05) is 18.0 Å². The van der Waals surface area contributed by atoms with Crippen LogP contribution in [-0.4, -0.2) is 37.7 Å². The van der Waals surface area contributed by atoms with Gasteiger partial charge in [0.25, 0.3) is 0 Å². The highest BCUT2D eigenvalue weighted by Gasteiger charge is 2.33. The highest BCUT2D eigenvalue weighted by atomic mass is 15.3. The molecule has 1 aliphatic rings. The molecule has 0 aromatic carbocycles. The molecule has 21 heavy (non-hydrogen) atoms. The third-order valence-corrected chi connectivity index (χ3v) is 3.67. The molecule has 4 rings (SSSR count). The lowest BCUT2D eigenvalue weighted by atomic mass is 9.99.